The molecule has 0 aliphatic carbocycles. The van der Waals surface area contributed by atoms with E-state index >= 15 is 0 Å². The van der Waals surface area contributed by atoms with E-state index in [1.54, 1.807) is 12.1 Å². The molecule has 2 aliphatic heterocycles. The van der Waals surface area contributed by atoms with Gasteiger partial charge in [0.05, 0.1) is 23.2 Å². The molecule has 38 heavy (non-hydrogen) atoms. The van der Waals surface area contributed by atoms with Gasteiger partial charge in [-0.25, -0.2) is 4.98 Å². The Bertz CT molecular complexity index is 1330. The average molecular weight is 536 g/mol. The van der Waals surface area contributed by atoms with Crippen molar-refractivity contribution in [1.82, 2.24) is 25.5 Å². The van der Waals surface area contributed by atoms with E-state index in [-0.39, 0.29) is 11.9 Å². The third-order valence-electron chi connectivity index (χ3n) is 7.60. The Morgan fingerprint density at radius 3 is 2.84 bits per heavy atom. The van der Waals surface area contributed by atoms with Crippen LogP contribution in [0.2, 0.25) is 5.02 Å². The Kier molecular flexibility index (Phi) is 8.15. The number of hydrogen-bond acceptors (Lipinski definition) is 7. The summed E-state index contributed by atoms with van der Waals surface area (Å²) in [4.78, 5) is 26.0. The summed E-state index contributed by atoms with van der Waals surface area (Å²) in [5.74, 6) is 0.0687. The predicted octanol–water partition coefficient (Wildman–Crippen LogP) is 2.86. The number of aromatic amines is 1. The number of amides is 1. The number of fused-ring (bicyclic) bond motifs is 1. The first kappa shape index (κ1) is 26.4. The van der Waals surface area contributed by atoms with Crippen molar-refractivity contribution in [3.8, 4) is 6.07 Å². The number of aryl methyl sites for hydroxylation is 1. The van der Waals surface area contributed by atoms with Gasteiger partial charge in [0.1, 0.15) is 11.7 Å². The van der Waals surface area contributed by atoms with Crippen molar-refractivity contribution >= 4 is 34.2 Å². The highest BCUT2D eigenvalue weighted by molar-refractivity contribution is 6.30. The zero-order chi connectivity index (χ0) is 26.6. The highest BCUT2D eigenvalue weighted by atomic mass is 35.5. The van der Waals surface area contributed by atoms with Gasteiger partial charge in [0.25, 0.3) is 0 Å². The number of hydrogen-bond donors (Lipinski definition) is 4. The van der Waals surface area contributed by atoms with Gasteiger partial charge in [0, 0.05) is 69.0 Å². The first-order valence-electron chi connectivity index (χ1n) is 13.2. The lowest BCUT2D eigenvalue weighted by Gasteiger charge is -2.35. The zero-order valence-corrected chi connectivity index (χ0v) is 22.3. The Morgan fingerprint density at radius 1 is 1.26 bits per heavy atom. The number of rotatable bonds is 8. The molecule has 3 aromatic rings. The fourth-order valence-corrected chi connectivity index (χ4v) is 5.70. The van der Waals surface area contributed by atoms with Gasteiger partial charge in [0.2, 0.25) is 5.91 Å². The van der Waals surface area contributed by atoms with Crippen molar-refractivity contribution in [2.75, 3.05) is 50.7 Å². The van der Waals surface area contributed by atoms with Gasteiger partial charge < -0.3 is 25.6 Å². The van der Waals surface area contributed by atoms with Gasteiger partial charge >= 0.3 is 0 Å². The van der Waals surface area contributed by atoms with E-state index in [0.29, 0.717) is 30.4 Å². The van der Waals surface area contributed by atoms with E-state index in [9.17, 15) is 9.90 Å². The minimum Gasteiger partial charge on any atom is -0.387 e. The molecule has 0 radical (unpaired) electrons. The third kappa shape index (κ3) is 5.79. The van der Waals surface area contributed by atoms with Crippen molar-refractivity contribution in [3.63, 3.8) is 0 Å². The molecule has 10 heteroatoms. The topological polar surface area (TPSA) is 120 Å². The molecule has 2 aliphatic rings. The minimum atomic E-state index is -0.736. The van der Waals surface area contributed by atoms with Gasteiger partial charge in [-0.2, -0.15) is 5.26 Å². The Balaban J connectivity index is 1.32. The Hall–Kier alpha value is -3.16. The second kappa shape index (κ2) is 11.7. The number of anilines is 1. The van der Waals surface area contributed by atoms with E-state index in [0.717, 1.165) is 67.0 Å². The minimum absolute atomic E-state index is 0.0728. The molecule has 9 nitrogen and oxygen atoms in total. The number of halogens is 1. The molecule has 4 N–H and O–H groups in total. The highest BCUT2D eigenvalue weighted by Crippen LogP contribution is 2.30. The fraction of sp³-hybridized carbons (Fsp3) is 0.464. The second-order valence-electron chi connectivity index (χ2n) is 10.2. The average Bonchev–Trinajstić information content (AvgIpc) is 3.35. The molecule has 1 aromatic heterocycles. The molecule has 2 saturated heterocycles. The Morgan fingerprint density at radius 2 is 2.08 bits per heavy atom. The molecule has 0 saturated carbocycles. The van der Waals surface area contributed by atoms with Crippen LogP contribution in [0.15, 0.2) is 36.4 Å². The summed E-state index contributed by atoms with van der Waals surface area (Å²) in [5.41, 5.74) is 4.71. The summed E-state index contributed by atoms with van der Waals surface area (Å²) < 4.78 is 0. The smallest absolute Gasteiger partial charge is 0.232 e. The van der Waals surface area contributed by atoms with Crippen LogP contribution in [0.3, 0.4) is 0 Å². The van der Waals surface area contributed by atoms with E-state index in [1.165, 1.54) is 0 Å². The summed E-state index contributed by atoms with van der Waals surface area (Å²) in [6.07, 6.45) is 0.558. The molecule has 3 heterocycles. The summed E-state index contributed by atoms with van der Waals surface area (Å²) >= 11 is 6.08. The zero-order valence-electron chi connectivity index (χ0n) is 21.6. The Labute approximate surface area is 227 Å². The maximum Gasteiger partial charge on any atom is 0.232 e. The summed E-state index contributed by atoms with van der Waals surface area (Å²) in [6, 6.07) is 13.5. The quantitative estimate of drug-likeness (QED) is 0.350. The highest BCUT2D eigenvalue weighted by Gasteiger charge is 2.36. The van der Waals surface area contributed by atoms with Gasteiger partial charge in [0.15, 0.2) is 0 Å². The predicted molar refractivity (Wildman–Crippen MR) is 148 cm³/mol. The number of benzene rings is 2. The van der Waals surface area contributed by atoms with Gasteiger partial charge in [-0.1, -0.05) is 23.7 Å². The molecular formula is C28H34ClN7O2. The molecule has 0 spiro atoms. The first-order chi connectivity index (χ1) is 18.4. The second-order valence-corrected chi connectivity index (χ2v) is 10.6. The van der Waals surface area contributed by atoms with Crippen LogP contribution in [-0.4, -0.2) is 77.7 Å². The maximum atomic E-state index is 13.0. The standard InChI is InChI=1S/C28H34ClN7O2/c1-18-14-21(36-12-10-35(11-13-36)9-3-7-30)16-23-26(18)34-27(33-23)25-22(6-8-31-28(25)38)32-17-24(37)19-4-2-5-20(29)15-19/h2,4-5,14-16,22,24-25,32,37H,3,6,8-13,17H2,1H3,(H,31,38)(H,33,34)/t22?,24-,25?/m1/s1. The number of piperazine rings is 1. The van der Waals surface area contributed by atoms with Gasteiger partial charge in [-0.3, -0.25) is 9.69 Å². The summed E-state index contributed by atoms with van der Waals surface area (Å²) in [7, 11) is 0. The molecule has 0 bridgehead atoms. The van der Waals surface area contributed by atoms with Crippen LogP contribution < -0.4 is 15.5 Å². The number of aliphatic hydroxyl groups excluding tert-OH is 1. The lowest BCUT2D eigenvalue weighted by molar-refractivity contribution is -0.124. The van der Waals surface area contributed by atoms with Gasteiger partial charge in [-0.05, 0) is 48.7 Å². The lowest BCUT2D eigenvalue weighted by atomic mass is 9.91. The largest absolute Gasteiger partial charge is 0.387 e. The number of aromatic nitrogens is 2. The van der Waals surface area contributed by atoms with Crippen molar-refractivity contribution < 1.29 is 9.90 Å². The number of aliphatic hydroxyl groups is 1. The SMILES string of the molecule is Cc1cc(N2CCN(CCC#N)CC2)cc2[nH]c(C3C(=O)NCCC3NC[C@@H](O)c3cccc(Cl)c3)nc12. The van der Waals surface area contributed by atoms with Crippen LogP contribution in [0.4, 0.5) is 5.69 Å². The molecular weight excluding hydrogens is 502 g/mol. The van der Waals surface area contributed by atoms with E-state index in [1.807, 2.05) is 12.1 Å². The van der Waals surface area contributed by atoms with Crippen LogP contribution in [0, 0.1) is 18.3 Å². The number of nitriles is 1. The maximum absolute atomic E-state index is 13.0. The molecule has 1 amide bonds. The molecule has 200 valence electrons. The summed E-state index contributed by atoms with van der Waals surface area (Å²) in [6.45, 7) is 7.43. The number of nitrogens with one attached hydrogen (secondary N) is 3. The van der Waals surface area contributed by atoms with Crippen molar-refractivity contribution in [2.24, 2.45) is 0 Å². The van der Waals surface area contributed by atoms with Crippen LogP contribution in [-0.2, 0) is 4.79 Å². The number of imidazole rings is 1. The molecule has 3 atom stereocenters. The lowest BCUT2D eigenvalue weighted by Crippen LogP contribution is -2.50. The van der Waals surface area contributed by atoms with E-state index in [2.05, 4.69) is 50.5 Å². The van der Waals surface area contributed by atoms with Crippen molar-refractivity contribution in [1.29, 1.82) is 5.26 Å². The normalized spacial score (nSPS) is 21.3. The third-order valence-corrected chi connectivity index (χ3v) is 7.83. The molecule has 2 unspecified atom stereocenters. The van der Waals surface area contributed by atoms with Crippen LogP contribution >= 0.6 is 11.6 Å². The van der Waals surface area contributed by atoms with Crippen molar-refractivity contribution in [2.45, 2.75) is 37.8 Å². The molecule has 2 aromatic carbocycles. The summed E-state index contributed by atoms with van der Waals surface area (Å²) in [5, 5.41) is 26.5. The van der Waals surface area contributed by atoms with E-state index < -0.39 is 12.0 Å². The number of carbonyl (C=O) groups excluding carboxylic acids is 1. The van der Waals surface area contributed by atoms with Crippen molar-refractivity contribution in [3.05, 3.63) is 58.4 Å². The number of piperidine rings is 1. The molecule has 5 rings (SSSR count). The van der Waals surface area contributed by atoms with Crippen LogP contribution in [0.1, 0.15) is 41.8 Å². The van der Waals surface area contributed by atoms with Crippen LogP contribution in [0.25, 0.3) is 11.0 Å². The van der Waals surface area contributed by atoms with Gasteiger partial charge in [-0.15, -0.1) is 0 Å². The van der Waals surface area contributed by atoms with E-state index in [4.69, 9.17) is 21.8 Å². The number of carbonyl (C=O) groups is 1. The number of nitrogens with zero attached hydrogens (tertiary/aromatic N) is 4. The monoisotopic (exact) mass is 535 g/mol. The molecule has 2 fully saturated rings. The van der Waals surface area contributed by atoms with Crippen LogP contribution in [0.5, 0.6) is 0 Å². The fourth-order valence-electron chi connectivity index (χ4n) is 5.50. The number of H-pyrrole nitrogens is 1. The first-order valence-corrected chi connectivity index (χ1v) is 13.6.